The summed E-state index contributed by atoms with van der Waals surface area (Å²) in [6.45, 7) is 1.86. The molecule has 3 rings (SSSR count). The molecular formula is C17H20FN3O3S. The number of amides is 1. The van der Waals surface area contributed by atoms with Crippen LogP contribution in [0.5, 0.6) is 5.75 Å². The Morgan fingerprint density at radius 2 is 2.40 bits per heavy atom. The van der Waals surface area contributed by atoms with Crippen LogP contribution in [0.2, 0.25) is 0 Å². The lowest BCUT2D eigenvalue weighted by atomic mass is 10.0. The number of benzene rings is 1. The highest BCUT2D eigenvalue weighted by atomic mass is 32.1. The molecule has 0 bridgehead atoms. The maximum atomic E-state index is 13.4. The van der Waals surface area contributed by atoms with Gasteiger partial charge in [-0.05, 0) is 24.6 Å². The maximum Gasteiger partial charge on any atom is 0.255 e. The second-order valence-electron chi connectivity index (χ2n) is 6.00. The van der Waals surface area contributed by atoms with E-state index in [2.05, 4.69) is 15.2 Å². The predicted molar refractivity (Wildman–Crippen MR) is 92.2 cm³/mol. The fraction of sp³-hybridized carbons (Fsp3) is 0.412. The maximum absolute atomic E-state index is 13.4. The Bertz CT molecular complexity index is 726. The van der Waals surface area contributed by atoms with Crippen molar-refractivity contribution in [3.8, 4) is 5.75 Å². The normalized spacial score (nSPS) is 21.1. The number of carbonyl (C=O) groups excluding carboxylic acids is 1. The number of likely N-dealkylation sites (tertiary alicyclic amines) is 1. The van der Waals surface area contributed by atoms with Gasteiger partial charge in [-0.3, -0.25) is 9.69 Å². The number of rotatable bonds is 5. The first-order valence-corrected chi connectivity index (χ1v) is 8.93. The van der Waals surface area contributed by atoms with Gasteiger partial charge in [-0.2, -0.15) is 0 Å². The van der Waals surface area contributed by atoms with E-state index in [0.717, 1.165) is 18.3 Å². The zero-order valence-electron chi connectivity index (χ0n) is 13.8. The molecule has 134 valence electrons. The molecule has 0 aliphatic carbocycles. The summed E-state index contributed by atoms with van der Waals surface area (Å²) in [4.78, 5) is 18.8. The minimum atomic E-state index is -0.698. The van der Waals surface area contributed by atoms with Crippen LogP contribution in [0.25, 0.3) is 0 Å². The van der Waals surface area contributed by atoms with Crippen LogP contribution in [0.15, 0.2) is 29.1 Å². The molecule has 1 aromatic heterocycles. The number of nitrogens with one attached hydrogen (secondary N) is 1. The number of carbonyl (C=O) groups is 1. The summed E-state index contributed by atoms with van der Waals surface area (Å²) in [7, 11) is 1.43. The monoisotopic (exact) mass is 365 g/mol. The molecule has 25 heavy (non-hydrogen) atoms. The third-order valence-electron chi connectivity index (χ3n) is 4.26. The molecule has 2 atom stereocenters. The Kier molecular flexibility index (Phi) is 5.62. The van der Waals surface area contributed by atoms with Gasteiger partial charge in [0.25, 0.3) is 5.91 Å². The Hall–Kier alpha value is -2.03. The Morgan fingerprint density at radius 1 is 1.56 bits per heavy atom. The van der Waals surface area contributed by atoms with Gasteiger partial charge in [-0.15, -0.1) is 11.3 Å². The highest BCUT2D eigenvalue weighted by Gasteiger charge is 2.30. The van der Waals surface area contributed by atoms with Crippen LogP contribution in [-0.4, -0.2) is 53.2 Å². The average Bonchev–Trinajstić information content (AvgIpc) is 3.10. The molecule has 0 unspecified atom stereocenters. The van der Waals surface area contributed by atoms with Crippen molar-refractivity contribution in [2.45, 2.75) is 25.1 Å². The van der Waals surface area contributed by atoms with Crippen molar-refractivity contribution in [3.63, 3.8) is 0 Å². The van der Waals surface area contributed by atoms with Gasteiger partial charge in [0.1, 0.15) is 11.6 Å². The number of nitrogens with zero attached hydrogens (tertiary/aromatic N) is 2. The largest absolute Gasteiger partial charge is 0.496 e. The van der Waals surface area contributed by atoms with E-state index in [1.54, 1.807) is 16.8 Å². The quantitative estimate of drug-likeness (QED) is 0.843. The topological polar surface area (TPSA) is 74.7 Å². The van der Waals surface area contributed by atoms with E-state index in [-0.39, 0.29) is 11.6 Å². The second kappa shape index (κ2) is 7.90. The molecule has 0 radical (unpaired) electrons. The van der Waals surface area contributed by atoms with Gasteiger partial charge in [-0.1, -0.05) is 0 Å². The van der Waals surface area contributed by atoms with Crippen LogP contribution in [0.3, 0.4) is 0 Å². The summed E-state index contributed by atoms with van der Waals surface area (Å²) in [5.74, 6) is -0.660. The minimum absolute atomic E-state index is 0.125. The number of ether oxygens (including phenoxy) is 1. The number of piperidine rings is 1. The molecule has 0 spiro atoms. The standard InChI is InChI=1S/C17H20FN3O3S/c1-24-16-3-2-11(18)6-13(16)17(23)20-14-4-5-21(8-15(14)22)7-12-9-25-10-19-12/h2-3,6,9-10,14-15,22H,4-5,7-8H2,1H3,(H,20,23)/t14-,15-/m1/s1. The number of thiazole rings is 1. The minimum Gasteiger partial charge on any atom is -0.496 e. The molecule has 1 aliphatic rings. The molecule has 2 N–H and O–H groups in total. The summed E-state index contributed by atoms with van der Waals surface area (Å²) >= 11 is 1.54. The third-order valence-corrected chi connectivity index (χ3v) is 4.89. The van der Waals surface area contributed by atoms with Gasteiger partial charge < -0.3 is 15.2 Å². The van der Waals surface area contributed by atoms with Gasteiger partial charge in [0.2, 0.25) is 0 Å². The molecular weight excluding hydrogens is 345 g/mol. The van der Waals surface area contributed by atoms with Crippen molar-refractivity contribution in [2.75, 3.05) is 20.2 Å². The van der Waals surface area contributed by atoms with Crippen molar-refractivity contribution in [1.82, 2.24) is 15.2 Å². The summed E-state index contributed by atoms with van der Waals surface area (Å²) in [6, 6.07) is 3.41. The zero-order chi connectivity index (χ0) is 17.8. The van der Waals surface area contributed by atoms with Gasteiger partial charge in [0, 0.05) is 25.0 Å². The Morgan fingerprint density at radius 3 is 3.08 bits per heavy atom. The Labute approximate surface area is 149 Å². The number of methoxy groups -OCH3 is 1. The van der Waals surface area contributed by atoms with Gasteiger partial charge in [0.05, 0.1) is 36.0 Å². The highest BCUT2D eigenvalue weighted by Crippen LogP contribution is 2.21. The molecule has 0 saturated carbocycles. The number of aliphatic hydroxyl groups is 1. The lowest BCUT2D eigenvalue weighted by molar-refractivity contribution is 0.0345. The Balaban J connectivity index is 1.60. The summed E-state index contributed by atoms with van der Waals surface area (Å²) < 4.78 is 18.5. The molecule has 8 heteroatoms. The summed E-state index contributed by atoms with van der Waals surface area (Å²) in [5, 5.41) is 15.1. The van der Waals surface area contributed by atoms with Crippen molar-refractivity contribution in [2.24, 2.45) is 0 Å². The number of aromatic nitrogens is 1. The number of β-amino-alcohol motifs (C(OH)–C–C–N with tert-alkyl or cyclic N) is 1. The lowest BCUT2D eigenvalue weighted by Crippen LogP contribution is -2.53. The molecule has 1 aromatic carbocycles. The zero-order valence-corrected chi connectivity index (χ0v) is 14.6. The third kappa shape index (κ3) is 4.33. The van der Waals surface area contributed by atoms with E-state index in [0.29, 0.717) is 25.3 Å². The van der Waals surface area contributed by atoms with Crippen LogP contribution in [0.4, 0.5) is 4.39 Å². The van der Waals surface area contributed by atoms with Gasteiger partial charge in [0.15, 0.2) is 0 Å². The summed E-state index contributed by atoms with van der Waals surface area (Å²) in [6.07, 6.45) is -0.0924. The van der Waals surface area contributed by atoms with E-state index in [9.17, 15) is 14.3 Å². The lowest BCUT2D eigenvalue weighted by Gasteiger charge is -2.36. The van der Waals surface area contributed by atoms with E-state index in [1.807, 2.05) is 5.38 Å². The average molecular weight is 365 g/mol. The number of hydrogen-bond acceptors (Lipinski definition) is 6. The number of halogens is 1. The fourth-order valence-electron chi connectivity index (χ4n) is 2.96. The number of aliphatic hydroxyl groups excluding tert-OH is 1. The van der Waals surface area contributed by atoms with Crippen molar-refractivity contribution in [3.05, 3.63) is 46.2 Å². The van der Waals surface area contributed by atoms with Crippen LogP contribution in [0, 0.1) is 5.82 Å². The first-order chi connectivity index (χ1) is 12.1. The van der Waals surface area contributed by atoms with Crippen molar-refractivity contribution < 1.29 is 19.0 Å². The fourth-order valence-corrected chi connectivity index (χ4v) is 3.51. The van der Waals surface area contributed by atoms with Crippen LogP contribution >= 0.6 is 11.3 Å². The highest BCUT2D eigenvalue weighted by molar-refractivity contribution is 7.07. The second-order valence-corrected chi connectivity index (χ2v) is 6.71. The van der Waals surface area contributed by atoms with E-state index >= 15 is 0 Å². The molecule has 1 fully saturated rings. The molecule has 2 aromatic rings. The predicted octanol–water partition coefficient (Wildman–Crippen LogP) is 1.66. The SMILES string of the molecule is COc1ccc(F)cc1C(=O)N[C@@H]1CCN(Cc2cscn2)C[C@H]1O. The van der Waals surface area contributed by atoms with Gasteiger partial charge >= 0.3 is 0 Å². The van der Waals surface area contributed by atoms with E-state index in [4.69, 9.17) is 4.74 Å². The van der Waals surface area contributed by atoms with Crippen molar-refractivity contribution >= 4 is 17.2 Å². The molecule has 2 heterocycles. The van der Waals surface area contributed by atoms with Crippen LogP contribution in [0.1, 0.15) is 22.5 Å². The smallest absolute Gasteiger partial charge is 0.255 e. The van der Waals surface area contributed by atoms with Crippen molar-refractivity contribution in [1.29, 1.82) is 0 Å². The molecule has 6 nitrogen and oxygen atoms in total. The van der Waals surface area contributed by atoms with E-state index in [1.165, 1.54) is 19.2 Å². The van der Waals surface area contributed by atoms with E-state index < -0.39 is 17.8 Å². The first kappa shape index (κ1) is 17.8. The summed E-state index contributed by atoms with van der Waals surface area (Å²) in [5.41, 5.74) is 2.88. The first-order valence-electron chi connectivity index (χ1n) is 7.98. The molecule has 1 aliphatic heterocycles. The van der Waals surface area contributed by atoms with Gasteiger partial charge in [-0.25, -0.2) is 9.37 Å². The van der Waals surface area contributed by atoms with Crippen LogP contribution in [-0.2, 0) is 6.54 Å². The molecule has 1 amide bonds. The molecule has 1 saturated heterocycles. The number of hydrogen-bond donors (Lipinski definition) is 2. The van der Waals surface area contributed by atoms with Crippen LogP contribution < -0.4 is 10.1 Å².